The number of carbonyl (C=O) groups excluding carboxylic acids is 3. The Morgan fingerprint density at radius 1 is 0.946 bits per heavy atom. The smallest absolute Gasteiger partial charge is 0.408 e. The summed E-state index contributed by atoms with van der Waals surface area (Å²) in [6, 6.07) is 15.9. The van der Waals surface area contributed by atoms with Crippen LogP contribution in [-0.2, 0) is 25.6 Å². The lowest BCUT2D eigenvalue weighted by molar-refractivity contribution is -0.149. The highest BCUT2D eigenvalue weighted by molar-refractivity contribution is 5.98. The maximum absolute atomic E-state index is 13.0. The van der Waals surface area contributed by atoms with Gasteiger partial charge < -0.3 is 19.5 Å². The molecule has 3 rings (SSSR count). The van der Waals surface area contributed by atoms with Gasteiger partial charge in [0.1, 0.15) is 5.60 Å². The van der Waals surface area contributed by atoms with E-state index in [-0.39, 0.29) is 12.4 Å². The Morgan fingerprint density at radius 3 is 2.22 bits per heavy atom. The highest BCUT2D eigenvalue weighted by Gasteiger charge is 2.31. The van der Waals surface area contributed by atoms with Crippen molar-refractivity contribution in [2.75, 3.05) is 6.61 Å². The molecule has 2 aromatic rings. The zero-order chi connectivity index (χ0) is 26.8. The van der Waals surface area contributed by atoms with E-state index in [1.54, 1.807) is 39.8 Å². The number of carbonyl (C=O) groups is 3. The average Bonchev–Trinajstić information content (AvgIpc) is 2.89. The lowest BCUT2D eigenvalue weighted by Gasteiger charge is -2.26. The van der Waals surface area contributed by atoms with Crippen LogP contribution in [-0.4, -0.2) is 42.2 Å². The summed E-state index contributed by atoms with van der Waals surface area (Å²) >= 11 is 0. The average molecular weight is 510 g/mol. The molecule has 1 fully saturated rings. The maximum atomic E-state index is 13.0. The third-order valence-corrected chi connectivity index (χ3v) is 6.41. The molecule has 0 radical (unpaired) electrons. The summed E-state index contributed by atoms with van der Waals surface area (Å²) in [6.07, 6.45) is 4.64. The molecule has 0 unspecified atom stereocenters. The molecule has 1 saturated carbocycles. The number of esters is 1. The molecule has 1 aliphatic carbocycles. The van der Waals surface area contributed by atoms with E-state index in [1.165, 1.54) is 37.7 Å². The summed E-state index contributed by atoms with van der Waals surface area (Å²) in [5.74, 6) is -0.524. The molecule has 1 N–H and O–H groups in total. The van der Waals surface area contributed by atoms with Crippen LogP contribution in [0.15, 0.2) is 54.6 Å². The molecule has 0 spiro atoms. The zero-order valence-corrected chi connectivity index (χ0v) is 22.3. The van der Waals surface area contributed by atoms with Gasteiger partial charge in [0, 0.05) is 5.56 Å². The Hall–Kier alpha value is -3.19. The van der Waals surface area contributed by atoms with Crippen molar-refractivity contribution < 1.29 is 28.6 Å². The first-order chi connectivity index (χ1) is 17.6. The summed E-state index contributed by atoms with van der Waals surface area (Å²) in [4.78, 5) is 38.1. The van der Waals surface area contributed by atoms with Gasteiger partial charge in [0.15, 0.2) is 18.4 Å². The van der Waals surface area contributed by atoms with Crippen LogP contribution in [0, 0.1) is 0 Å². The lowest BCUT2D eigenvalue weighted by Crippen LogP contribution is -2.51. The van der Waals surface area contributed by atoms with Crippen LogP contribution in [0.3, 0.4) is 0 Å². The van der Waals surface area contributed by atoms with Crippen molar-refractivity contribution in [2.24, 2.45) is 0 Å². The number of rotatable bonds is 10. The summed E-state index contributed by atoms with van der Waals surface area (Å²) in [7, 11) is 0. The fraction of sp³-hybridized carbons (Fsp3) is 0.500. The van der Waals surface area contributed by atoms with E-state index in [4.69, 9.17) is 14.2 Å². The molecule has 0 aromatic heterocycles. The van der Waals surface area contributed by atoms with Gasteiger partial charge >= 0.3 is 12.1 Å². The van der Waals surface area contributed by atoms with Crippen molar-refractivity contribution in [3.05, 3.63) is 71.3 Å². The van der Waals surface area contributed by atoms with E-state index in [0.717, 1.165) is 5.56 Å². The number of benzene rings is 2. The first-order valence-electron chi connectivity index (χ1n) is 13.1. The Labute approximate surface area is 219 Å². The minimum Gasteiger partial charge on any atom is -0.456 e. The van der Waals surface area contributed by atoms with Crippen molar-refractivity contribution in [1.29, 1.82) is 0 Å². The van der Waals surface area contributed by atoms with Crippen molar-refractivity contribution in [1.82, 2.24) is 5.32 Å². The van der Waals surface area contributed by atoms with Gasteiger partial charge in [-0.2, -0.15) is 0 Å². The van der Waals surface area contributed by atoms with Gasteiger partial charge in [0.2, 0.25) is 0 Å². The van der Waals surface area contributed by atoms with Gasteiger partial charge in [-0.05, 0) is 57.6 Å². The second kappa shape index (κ2) is 13.4. The third-order valence-electron chi connectivity index (χ3n) is 6.41. The summed E-state index contributed by atoms with van der Waals surface area (Å²) in [5, 5.41) is 2.54. The molecule has 2 atom stereocenters. The largest absolute Gasteiger partial charge is 0.456 e. The minimum atomic E-state index is -1.15. The standard InChI is InChI=1S/C30H39NO6/c1-21(35-19-22-11-7-5-8-12-22)27(31-29(34)37-30(2,3)4)28(33)36-20-26(32)25-17-15-24(16-18-25)23-13-9-6-10-14-23/h5,7-8,11-12,15-18,21,23,27H,6,9-10,13-14,19-20H2,1-4H3,(H,31,34)/t21-,27-/m0/s1. The van der Waals surface area contributed by atoms with Crippen LogP contribution in [0.1, 0.15) is 87.2 Å². The molecule has 0 bridgehead atoms. The molecule has 7 heteroatoms. The first-order valence-corrected chi connectivity index (χ1v) is 13.1. The Morgan fingerprint density at radius 2 is 1.59 bits per heavy atom. The van der Waals surface area contributed by atoms with Gasteiger partial charge in [-0.25, -0.2) is 9.59 Å². The van der Waals surface area contributed by atoms with E-state index in [2.05, 4.69) is 5.32 Å². The lowest BCUT2D eigenvalue weighted by atomic mass is 9.84. The second-order valence-corrected chi connectivity index (χ2v) is 10.6. The Bertz CT molecular complexity index is 1020. The van der Waals surface area contributed by atoms with E-state index in [0.29, 0.717) is 11.5 Å². The van der Waals surface area contributed by atoms with Crippen LogP contribution >= 0.6 is 0 Å². The quantitative estimate of drug-likeness (QED) is 0.314. The zero-order valence-electron chi connectivity index (χ0n) is 22.3. The van der Waals surface area contributed by atoms with Crippen molar-refractivity contribution in [3.63, 3.8) is 0 Å². The molecule has 2 aromatic carbocycles. The fourth-order valence-corrected chi connectivity index (χ4v) is 4.39. The van der Waals surface area contributed by atoms with E-state index >= 15 is 0 Å². The molecule has 0 saturated heterocycles. The topological polar surface area (TPSA) is 90.9 Å². The van der Waals surface area contributed by atoms with Crippen LogP contribution in [0.4, 0.5) is 4.79 Å². The number of ether oxygens (including phenoxy) is 3. The number of ketones is 1. The van der Waals surface area contributed by atoms with Gasteiger partial charge in [-0.1, -0.05) is 73.9 Å². The van der Waals surface area contributed by atoms with Crippen molar-refractivity contribution >= 4 is 17.8 Å². The van der Waals surface area contributed by atoms with Crippen molar-refractivity contribution in [3.8, 4) is 0 Å². The SMILES string of the molecule is C[C@H](OCc1ccccc1)[C@H](NC(=O)OC(C)(C)C)C(=O)OCC(=O)c1ccc(C2CCCCC2)cc1. The molecule has 0 aliphatic heterocycles. The molecule has 1 aliphatic rings. The van der Waals surface area contributed by atoms with Gasteiger partial charge in [0.25, 0.3) is 0 Å². The highest BCUT2D eigenvalue weighted by Crippen LogP contribution is 2.32. The van der Waals surface area contributed by atoms with E-state index in [9.17, 15) is 14.4 Å². The summed E-state index contributed by atoms with van der Waals surface area (Å²) < 4.78 is 16.5. The molecule has 37 heavy (non-hydrogen) atoms. The fourth-order valence-electron chi connectivity index (χ4n) is 4.39. The summed E-state index contributed by atoms with van der Waals surface area (Å²) in [6.45, 7) is 6.67. The molecule has 200 valence electrons. The Balaban J connectivity index is 1.60. The van der Waals surface area contributed by atoms with Crippen LogP contribution in [0.25, 0.3) is 0 Å². The van der Waals surface area contributed by atoms with Crippen LogP contribution in [0.2, 0.25) is 0 Å². The van der Waals surface area contributed by atoms with Gasteiger partial charge in [-0.3, -0.25) is 4.79 Å². The van der Waals surface area contributed by atoms with Crippen molar-refractivity contribution in [2.45, 2.75) is 90.1 Å². The third kappa shape index (κ3) is 9.32. The number of Topliss-reactive ketones (excluding diaryl/α,β-unsaturated/α-hetero) is 1. The maximum Gasteiger partial charge on any atom is 0.408 e. The highest BCUT2D eigenvalue weighted by atomic mass is 16.6. The van der Waals surface area contributed by atoms with E-state index < -0.39 is 36.4 Å². The summed E-state index contributed by atoms with van der Waals surface area (Å²) in [5.41, 5.74) is 1.91. The minimum absolute atomic E-state index is 0.244. The molecular weight excluding hydrogens is 470 g/mol. The molecular formula is C30H39NO6. The Kier molecular flexibility index (Phi) is 10.3. The number of hydrogen-bond donors (Lipinski definition) is 1. The molecule has 7 nitrogen and oxygen atoms in total. The van der Waals surface area contributed by atoms with Crippen LogP contribution < -0.4 is 5.32 Å². The predicted octanol–water partition coefficient (Wildman–Crippen LogP) is 5.96. The first kappa shape index (κ1) is 28.4. The number of hydrogen-bond acceptors (Lipinski definition) is 6. The molecule has 0 heterocycles. The van der Waals surface area contributed by atoms with Gasteiger partial charge in [-0.15, -0.1) is 0 Å². The predicted molar refractivity (Wildman–Crippen MR) is 141 cm³/mol. The normalized spacial score (nSPS) is 15.9. The number of alkyl carbamates (subject to hydrolysis) is 1. The van der Waals surface area contributed by atoms with Crippen LogP contribution in [0.5, 0.6) is 0 Å². The van der Waals surface area contributed by atoms with E-state index in [1.807, 2.05) is 42.5 Å². The molecule has 1 amide bonds. The number of nitrogens with one attached hydrogen (secondary N) is 1. The second-order valence-electron chi connectivity index (χ2n) is 10.6. The van der Waals surface area contributed by atoms with Gasteiger partial charge in [0.05, 0.1) is 12.7 Å². The monoisotopic (exact) mass is 509 g/mol. The number of amides is 1.